The zero-order valence-electron chi connectivity index (χ0n) is 17.1. The first kappa shape index (κ1) is 20.6. The lowest BCUT2D eigenvalue weighted by Gasteiger charge is -2.38. The summed E-state index contributed by atoms with van der Waals surface area (Å²) < 4.78 is 17.3. The SMILES string of the molecule is C/C=C\c1ccc2oc(-c3ccc(O[C@H]4O[C@@H](C)[C@@H](O)[C@@H](O)[C@H]4O)cc3)c(C)c2c1. The van der Waals surface area contributed by atoms with E-state index in [1.54, 1.807) is 19.1 Å². The van der Waals surface area contributed by atoms with Crippen molar-refractivity contribution in [3.8, 4) is 17.1 Å². The Hall–Kier alpha value is -2.64. The van der Waals surface area contributed by atoms with Crippen molar-refractivity contribution in [3.05, 3.63) is 59.7 Å². The monoisotopic (exact) mass is 410 g/mol. The van der Waals surface area contributed by atoms with Crippen molar-refractivity contribution in [1.29, 1.82) is 0 Å². The maximum absolute atomic E-state index is 10.1. The van der Waals surface area contributed by atoms with Gasteiger partial charge in [0.15, 0.2) is 0 Å². The lowest BCUT2D eigenvalue weighted by Crippen LogP contribution is -2.58. The van der Waals surface area contributed by atoms with E-state index in [-0.39, 0.29) is 0 Å². The minimum atomic E-state index is -1.35. The van der Waals surface area contributed by atoms with Crippen molar-refractivity contribution in [3.63, 3.8) is 0 Å². The Labute approximate surface area is 175 Å². The van der Waals surface area contributed by atoms with E-state index in [0.29, 0.717) is 5.75 Å². The van der Waals surface area contributed by atoms with Crippen molar-refractivity contribution >= 4 is 17.0 Å². The number of aliphatic hydroxyl groups is 3. The molecular weight excluding hydrogens is 384 g/mol. The maximum atomic E-state index is 10.1. The van der Waals surface area contributed by atoms with E-state index < -0.39 is 30.7 Å². The molecule has 0 aliphatic carbocycles. The van der Waals surface area contributed by atoms with E-state index in [9.17, 15) is 15.3 Å². The molecule has 0 bridgehead atoms. The minimum Gasteiger partial charge on any atom is -0.462 e. The number of hydrogen-bond donors (Lipinski definition) is 3. The average Bonchev–Trinajstić information content (AvgIpc) is 3.07. The van der Waals surface area contributed by atoms with E-state index in [1.807, 2.05) is 44.2 Å². The van der Waals surface area contributed by atoms with Gasteiger partial charge in [-0.05, 0) is 62.7 Å². The molecule has 1 aliphatic rings. The van der Waals surface area contributed by atoms with Gasteiger partial charge in [0.25, 0.3) is 0 Å². The molecule has 0 amide bonds. The first-order valence-corrected chi connectivity index (χ1v) is 10.0. The Morgan fingerprint density at radius 1 is 0.967 bits per heavy atom. The second kappa shape index (κ2) is 8.24. The van der Waals surface area contributed by atoms with Crippen LogP contribution in [0.1, 0.15) is 25.0 Å². The number of hydrogen-bond acceptors (Lipinski definition) is 6. The Kier molecular flexibility index (Phi) is 5.66. The summed E-state index contributed by atoms with van der Waals surface area (Å²) in [4.78, 5) is 0. The van der Waals surface area contributed by atoms with Crippen LogP contribution >= 0.6 is 0 Å². The second-order valence-corrected chi connectivity index (χ2v) is 7.64. The third-order valence-corrected chi connectivity index (χ3v) is 5.50. The highest BCUT2D eigenvalue weighted by atomic mass is 16.7. The summed E-state index contributed by atoms with van der Waals surface area (Å²) >= 11 is 0. The van der Waals surface area contributed by atoms with Crippen LogP contribution in [0.5, 0.6) is 5.75 Å². The molecule has 0 spiro atoms. The molecule has 2 aromatic carbocycles. The summed E-state index contributed by atoms with van der Waals surface area (Å²) in [6.07, 6.45) is -1.50. The summed E-state index contributed by atoms with van der Waals surface area (Å²) in [5.74, 6) is 1.26. The highest BCUT2D eigenvalue weighted by molar-refractivity contribution is 5.89. The minimum absolute atomic E-state index is 0.475. The summed E-state index contributed by atoms with van der Waals surface area (Å²) in [6, 6.07) is 13.4. The van der Waals surface area contributed by atoms with E-state index in [0.717, 1.165) is 33.4 Å². The number of rotatable bonds is 4. The molecule has 3 N–H and O–H groups in total. The van der Waals surface area contributed by atoms with Crippen LogP contribution in [-0.4, -0.2) is 46.0 Å². The third-order valence-electron chi connectivity index (χ3n) is 5.50. The van der Waals surface area contributed by atoms with Gasteiger partial charge in [0.1, 0.15) is 35.4 Å². The van der Waals surface area contributed by atoms with Gasteiger partial charge in [-0.3, -0.25) is 0 Å². The molecule has 0 unspecified atom stereocenters. The van der Waals surface area contributed by atoms with Gasteiger partial charge in [0, 0.05) is 16.5 Å². The molecule has 0 radical (unpaired) electrons. The molecule has 4 rings (SSSR count). The summed E-state index contributed by atoms with van der Waals surface area (Å²) in [5, 5.41) is 30.9. The van der Waals surface area contributed by atoms with Crippen molar-refractivity contribution in [2.24, 2.45) is 0 Å². The predicted molar refractivity (Wildman–Crippen MR) is 114 cm³/mol. The Balaban J connectivity index is 1.56. The van der Waals surface area contributed by atoms with Crippen LogP contribution in [0.3, 0.4) is 0 Å². The second-order valence-electron chi connectivity index (χ2n) is 7.64. The largest absolute Gasteiger partial charge is 0.462 e. The highest BCUT2D eigenvalue weighted by Gasteiger charge is 2.43. The summed E-state index contributed by atoms with van der Waals surface area (Å²) in [6.45, 7) is 5.64. The molecule has 0 saturated carbocycles. The fourth-order valence-electron chi connectivity index (χ4n) is 3.74. The molecule has 6 nitrogen and oxygen atoms in total. The standard InChI is InChI=1S/C24H26O6/c1-4-5-15-6-11-19-18(12-15)13(2)23(30-19)16-7-9-17(10-8-16)29-24-22(27)21(26)20(25)14(3)28-24/h4-12,14,20-22,24-27H,1-3H3/b5-4-/t14-,20+,21+,22+,24+/m0/s1. The quantitative estimate of drug-likeness (QED) is 0.608. The van der Waals surface area contributed by atoms with Gasteiger partial charge in [0.2, 0.25) is 6.29 Å². The number of ether oxygens (including phenoxy) is 2. The van der Waals surface area contributed by atoms with E-state index in [1.165, 1.54) is 0 Å². The van der Waals surface area contributed by atoms with Crippen LogP contribution in [0.15, 0.2) is 53.0 Å². The molecule has 30 heavy (non-hydrogen) atoms. The normalized spacial score (nSPS) is 27.1. The van der Waals surface area contributed by atoms with E-state index in [4.69, 9.17) is 13.9 Å². The van der Waals surface area contributed by atoms with E-state index in [2.05, 4.69) is 12.1 Å². The number of aliphatic hydroxyl groups excluding tert-OH is 3. The third kappa shape index (κ3) is 3.75. The maximum Gasteiger partial charge on any atom is 0.229 e. The smallest absolute Gasteiger partial charge is 0.229 e. The fourth-order valence-corrected chi connectivity index (χ4v) is 3.74. The number of fused-ring (bicyclic) bond motifs is 1. The van der Waals surface area contributed by atoms with Crippen molar-refractivity contribution in [2.45, 2.75) is 51.5 Å². The molecule has 1 aromatic heterocycles. The molecule has 5 atom stereocenters. The molecule has 158 valence electrons. The average molecular weight is 410 g/mol. The van der Waals surface area contributed by atoms with Crippen molar-refractivity contribution < 1.29 is 29.2 Å². The zero-order valence-corrected chi connectivity index (χ0v) is 17.1. The topological polar surface area (TPSA) is 92.3 Å². The van der Waals surface area contributed by atoms with Gasteiger partial charge < -0.3 is 29.2 Å². The van der Waals surface area contributed by atoms with Crippen LogP contribution in [0, 0.1) is 6.92 Å². The summed E-state index contributed by atoms with van der Waals surface area (Å²) in [7, 11) is 0. The van der Waals surface area contributed by atoms with Crippen molar-refractivity contribution in [1.82, 2.24) is 0 Å². The van der Waals surface area contributed by atoms with Crippen LogP contribution in [0.25, 0.3) is 28.4 Å². The summed E-state index contributed by atoms with van der Waals surface area (Å²) in [5.41, 5.74) is 3.91. The lowest BCUT2D eigenvalue weighted by molar-refractivity contribution is -0.268. The number of aryl methyl sites for hydroxylation is 1. The Morgan fingerprint density at radius 3 is 2.40 bits per heavy atom. The lowest BCUT2D eigenvalue weighted by atomic mass is 10.00. The van der Waals surface area contributed by atoms with Crippen LogP contribution in [0.2, 0.25) is 0 Å². The molecule has 1 aliphatic heterocycles. The van der Waals surface area contributed by atoms with Gasteiger partial charge in [-0.25, -0.2) is 0 Å². The Morgan fingerprint density at radius 2 is 1.70 bits per heavy atom. The van der Waals surface area contributed by atoms with Gasteiger partial charge in [0.05, 0.1) is 6.10 Å². The number of furan rings is 1. The molecule has 2 heterocycles. The van der Waals surface area contributed by atoms with Crippen LogP contribution in [-0.2, 0) is 4.74 Å². The predicted octanol–water partition coefficient (Wildman–Crippen LogP) is 3.65. The van der Waals surface area contributed by atoms with E-state index >= 15 is 0 Å². The van der Waals surface area contributed by atoms with Crippen LogP contribution in [0.4, 0.5) is 0 Å². The van der Waals surface area contributed by atoms with Crippen LogP contribution < -0.4 is 4.74 Å². The highest BCUT2D eigenvalue weighted by Crippen LogP contribution is 2.35. The molecule has 3 aromatic rings. The van der Waals surface area contributed by atoms with Crippen molar-refractivity contribution in [2.75, 3.05) is 0 Å². The van der Waals surface area contributed by atoms with Gasteiger partial charge in [-0.1, -0.05) is 18.2 Å². The first-order chi connectivity index (χ1) is 14.4. The molecular formula is C24H26O6. The number of allylic oxidation sites excluding steroid dienone is 1. The first-order valence-electron chi connectivity index (χ1n) is 10.0. The molecule has 1 fully saturated rings. The number of benzene rings is 2. The van der Waals surface area contributed by atoms with Gasteiger partial charge in [-0.2, -0.15) is 0 Å². The molecule has 1 saturated heterocycles. The van der Waals surface area contributed by atoms with Gasteiger partial charge in [-0.15, -0.1) is 0 Å². The zero-order chi connectivity index (χ0) is 21.4. The molecule has 6 heteroatoms. The van der Waals surface area contributed by atoms with Gasteiger partial charge >= 0.3 is 0 Å². The Bertz CT molecular complexity index is 1050. The fraction of sp³-hybridized carbons (Fsp3) is 0.333.